The van der Waals surface area contributed by atoms with Gasteiger partial charge in [0.15, 0.2) is 5.82 Å². The summed E-state index contributed by atoms with van der Waals surface area (Å²) in [4.78, 5) is 12.5. The Morgan fingerprint density at radius 3 is 2.00 bits per heavy atom. The van der Waals surface area contributed by atoms with Gasteiger partial charge in [-0.2, -0.15) is 31.4 Å². The van der Waals surface area contributed by atoms with Gasteiger partial charge in [0.05, 0.1) is 11.1 Å². The van der Waals surface area contributed by atoms with Crippen LogP contribution in [0.15, 0.2) is 0 Å². The Kier molecular flexibility index (Phi) is 4.93. The average molecular weight is 437 g/mol. The summed E-state index contributed by atoms with van der Waals surface area (Å²) in [5.41, 5.74) is -3.60. The number of carbonyl (C=O) groups is 1. The highest BCUT2D eigenvalue weighted by atomic mass is 19.4. The predicted molar refractivity (Wildman–Crippen MR) is 97.0 cm³/mol. The maximum atomic E-state index is 14.0. The van der Waals surface area contributed by atoms with Crippen molar-refractivity contribution in [2.24, 2.45) is 12.5 Å². The first-order valence-corrected chi connectivity index (χ1v) is 10.4. The molecule has 0 radical (unpaired) electrons. The Morgan fingerprint density at radius 1 is 1.03 bits per heavy atom. The number of hydrogen-bond donors (Lipinski definition) is 1. The van der Waals surface area contributed by atoms with Crippen molar-refractivity contribution in [2.75, 3.05) is 5.32 Å². The van der Waals surface area contributed by atoms with Gasteiger partial charge in [0.25, 0.3) is 0 Å². The highest BCUT2D eigenvalue weighted by Gasteiger charge is 2.62. The molecule has 4 nitrogen and oxygen atoms in total. The van der Waals surface area contributed by atoms with Crippen LogP contribution in [0.3, 0.4) is 0 Å². The van der Waals surface area contributed by atoms with E-state index in [4.69, 9.17) is 0 Å². The Bertz CT molecular complexity index is 829. The molecule has 1 N–H and O–H groups in total. The number of nitrogens with zero attached hydrogens (tertiary/aromatic N) is 2. The van der Waals surface area contributed by atoms with Gasteiger partial charge in [-0.1, -0.05) is 19.3 Å². The zero-order valence-corrected chi connectivity index (χ0v) is 16.7. The van der Waals surface area contributed by atoms with Crippen LogP contribution in [0.25, 0.3) is 0 Å². The fourth-order valence-electron chi connectivity index (χ4n) is 5.12. The number of halogens is 6. The third-order valence-corrected chi connectivity index (χ3v) is 7.47. The number of hydrogen-bond acceptors (Lipinski definition) is 2. The summed E-state index contributed by atoms with van der Waals surface area (Å²) in [5.74, 6) is -1.01. The van der Waals surface area contributed by atoms with Gasteiger partial charge >= 0.3 is 12.4 Å². The Balaban J connectivity index is 1.65. The van der Waals surface area contributed by atoms with Gasteiger partial charge in [-0.05, 0) is 44.4 Å². The van der Waals surface area contributed by atoms with E-state index in [-0.39, 0.29) is 43.1 Å². The third-order valence-electron chi connectivity index (χ3n) is 7.47. The first kappa shape index (κ1) is 21.5. The maximum absolute atomic E-state index is 14.0. The zero-order chi connectivity index (χ0) is 21.9. The van der Waals surface area contributed by atoms with E-state index in [0.29, 0.717) is 31.2 Å². The van der Waals surface area contributed by atoms with Crippen molar-refractivity contribution in [2.45, 2.75) is 87.9 Å². The molecule has 0 aromatic carbocycles. The van der Waals surface area contributed by atoms with Crippen molar-refractivity contribution in [3.8, 4) is 0 Å². The van der Waals surface area contributed by atoms with E-state index >= 15 is 0 Å². The molecule has 0 atom stereocenters. The Hall–Kier alpha value is -1.74. The third kappa shape index (κ3) is 3.12. The van der Waals surface area contributed by atoms with Gasteiger partial charge in [-0.3, -0.25) is 9.48 Å². The van der Waals surface area contributed by atoms with Crippen LogP contribution < -0.4 is 5.32 Å². The van der Waals surface area contributed by atoms with Gasteiger partial charge in [-0.25, -0.2) is 0 Å². The summed E-state index contributed by atoms with van der Waals surface area (Å²) < 4.78 is 83.4. The van der Waals surface area contributed by atoms with Gasteiger partial charge in [-0.15, -0.1) is 0 Å². The van der Waals surface area contributed by atoms with Crippen molar-refractivity contribution in [1.29, 1.82) is 0 Å². The van der Waals surface area contributed by atoms with Crippen LogP contribution in [-0.4, -0.2) is 28.0 Å². The Labute approximate surface area is 170 Å². The largest absolute Gasteiger partial charge is 0.399 e. The summed E-state index contributed by atoms with van der Waals surface area (Å²) in [6.45, 7) is 0. The SMILES string of the molecule is Cn1nc(NC(=O)CC2(C(F)(F)F)CCC2)c(C2CCC2)c1C1(C(F)(F)F)CCC1. The topological polar surface area (TPSA) is 46.9 Å². The lowest BCUT2D eigenvalue weighted by Crippen LogP contribution is -2.50. The lowest BCUT2D eigenvalue weighted by Gasteiger charge is -2.44. The minimum absolute atomic E-state index is 0.00521. The summed E-state index contributed by atoms with van der Waals surface area (Å²) in [6.07, 6.45) is -6.88. The first-order valence-electron chi connectivity index (χ1n) is 10.4. The molecule has 0 spiro atoms. The number of alkyl halides is 6. The second-order valence-electron chi connectivity index (χ2n) is 9.15. The molecule has 3 saturated carbocycles. The van der Waals surface area contributed by atoms with Crippen molar-refractivity contribution in [3.63, 3.8) is 0 Å². The van der Waals surface area contributed by atoms with Crippen molar-refractivity contribution >= 4 is 11.7 Å². The molecule has 0 unspecified atom stereocenters. The molecule has 1 amide bonds. The molecule has 1 heterocycles. The smallest absolute Gasteiger partial charge is 0.309 e. The number of rotatable bonds is 5. The van der Waals surface area contributed by atoms with Crippen molar-refractivity contribution < 1.29 is 31.1 Å². The van der Waals surface area contributed by atoms with E-state index < -0.39 is 35.5 Å². The minimum Gasteiger partial charge on any atom is -0.309 e. The maximum Gasteiger partial charge on any atom is 0.399 e. The molecule has 3 aliphatic rings. The molecule has 4 rings (SSSR count). The summed E-state index contributed by atoms with van der Waals surface area (Å²) in [7, 11) is 1.42. The first-order chi connectivity index (χ1) is 13.9. The van der Waals surface area contributed by atoms with E-state index in [0.717, 1.165) is 6.42 Å². The van der Waals surface area contributed by atoms with Crippen LogP contribution in [0.1, 0.15) is 81.4 Å². The number of aryl methyl sites for hydroxylation is 1. The second kappa shape index (κ2) is 6.88. The zero-order valence-electron chi connectivity index (χ0n) is 16.7. The standard InChI is InChI=1S/C20H25F6N3O/c1-29-15(18(9-4-10-18)20(24,25)26)14(12-5-2-6-12)16(28-29)27-13(30)11-17(7-3-8-17)19(21,22)23/h12H,2-11H2,1H3,(H,27,28,30). The molecule has 168 valence electrons. The van der Waals surface area contributed by atoms with Crippen molar-refractivity contribution in [1.82, 2.24) is 9.78 Å². The van der Waals surface area contributed by atoms with E-state index in [1.54, 1.807) is 0 Å². The monoisotopic (exact) mass is 437 g/mol. The van der Waals surface area contributed by atoms with E-state index in [9.17, 15) is 31.1 Å². The lowest BCUT2D eigenvalue weighted by atomic mass is 9.63. The van der Waals surface area contributed by atoms with Crippen LogP contribution in [0, 0.1) is 5.41 Å². The molecule has 1 aromatic rings. The average Bonchev–Trinajstić information content (AvgIpc) is 2.75. The van der Waals surface area contributed by atoms with E-state index in [1.807, 2.05) is 0 Å². The van der Waals surface area contributed by atoms with Crippen LogP contribution in [0.2, 0.25) is 0 Å². The van der Waals surface area contributed by atoms with Crippen LogP contribution in [-0.2, 0) is 17.3 Å². The molecular formula is C20H25F6N3O. The predicted octanol–water partition coefficient (Wildman–Crippen LogP) is 5.73. The highest BCUT2D eigenvalue weighted by Crippen LogP contribution is 2.58. The molecule has 0 aliphatic heterocycles. The molecule has 1 aromatic heterocycles. The normalized spacial score (nSPS) is 23.3. The number of aromatic nitrogens is 2. The fourth-order valence-corrected chi connectivity index (χ4v) is 5.12. The van der Waals surface area contributed by atoms with E-state index in [2.05, 4.69) is 10.4 Å². The van der Waals surface area contributed by atoms with Gasteiger partial charge in [0, 0.05) is 19.0 Å². The summed E-state index contributed by atoms with van der Waals surface area (Å²) in [5, 5.41) is 6.60. The molecule has 3 aliphatic carbocycles. The molecule has 0 bridgehead atoms. The number of amides is 1. The van der Waals surface area contributed by atoms with Crippen LogP contribution >= 0.6 is 0 Å². The quantitative estimate of drug-likeness (QED) is 0.598. The van der Waals surface area contributed by atoms with Gasteiger partial charge < -0.3 is 5.32 Å². The lowest BCUT2D eigenvalue weighted by molar-refractivity contribution is -0.251. The minimum atomic E-state index is -4.49. The molecule has 30 heavy (non-hydrogen) atoms. The number of carbonyl (C=O) groups excluding carboxylic acids is 1. The van der Waals surface area contributed by atoms with Gasteiger partial charge in [0.1, 0.15) is 5.41 Å². The number of anilines is 1. The van der Waals surface area contributed by atoms with Crippen LogP contribution in [0.4, 0.5) is 32.2 Å². The van der Waals surface area contributed by atoms with Crippen molar-refractivity contribution in [3.05, 3.63) is 11.3 Å². The number of nitrogens with one attached hydrogen (secondary N) is 1. The van der Waals surface area contributed by atoms with Crippen LogP contribution in [0.5, 0.6) is 0 Å². The molecule has 3 fully saturated rings. The molecule has 0 saturated heterocycles. The fraction of sp³-hybridized carbons (Fsp3) is 0.800. The summed E-state index contributed by atoms with van der Waals surface area (Å²) in [6, 6.07) is 0. The summed E-state index contributed by atoms with van der Waals surface area (Å²) >= 11 is 0. The highest BCUT2D eigenvalue weighted by molar-refractivity contribution is 5.91. The second-order valence-corrected chi connectivity index (χ2v) is 9.15. The van der Waals surface area contributed by atoms with Gasteiger partial charge in [0.2, 0.25) is 5.91 Å². The molecular weight excluding hydrogens is 412 g/mol. The molecule has 10 heteroatoms. The van der Waals surface area contributed by atoms with E-state index in [1.165, 1.54) is 11.7 Å². The Morgan fingerprint density at radius 2 is 1.63 bits per heavy atom.